The number of benzene rings is 1. The highest BCUT2D eigenvalue weighted by atomic mass is 16.2. The molecule has 0 radical (unpaired) electrons. The Kier molecular flexibility index (Phi) is 5.08. The number of hydrogen-bond acceptors (Lipinski definition) is 5. The van der Waals surface area contributed by atoms with Crippen LogP contribution in [-0.2, 0) is 7.05 Å². The van der Waals surface area contributed by atoms with Gasteiger partial charge >= 0.3 is 0 Å². The Hall–Kier alpha value is -3.74. The number of anilines is 1. The molecule has 1 aliphatic heterocycles. The van der Waals surface area contributed by atoms with Crippen molar-refractivity contribution in [2.45, 2.75) is 6.42 Å². The third-order valence-electron chi connectivity index (χ3n) is 5.70. The van der Waals surface area contributed by atoms with Gasteiger partial charge in [0.1, 0.15) is 5.82 Å². The number of nitrogens with zero attached hydrogens (tertiary/aromatic N) is 6. The maximum Gasteiger partial charge on any atom is 0.254 e. The molecule has 1 aliphatic rings. The Bertz CT molecular complexity index is 1220. The normalized spacial score (nSPS) is 14.6. The predicted molar refractivity (Wildman–Crippen MR) is 121 cm³/mol. The van der Waals surface area contributed by atoms with Crippen LogP contribution in [0.4, 0.5) is 5.82 Å². The minimum atomic E-state index is 0.0478. The lowest BCUT2D eigenvalue weighted by Gasteiger charge is -2.23. The zero-order valence-corrected chi connectivity index (χ0v) is 17.5. The first-order valence-corrected chi connectivity index (χ1v) is 10.5. The fourth-order valence-electron chi connectivity index (χ4n) is 4.11. The van der Waals surface area contributed by atoms with Crippen LogP contribution < -0.4 is 4.90 Å². The van der Waals surface area contributed by atoms with Crippen molar-refractivity contribution in [3.8, 4) is 11.3 Å². The second-order valence-corrected chi connectivity index (χ2v) is 7.80. The van der Waals surface area contributed by atoms with Crippen LogP contribution in [-0.4, -0.2) is 56.7 Å². The summed E-state index contributed by atoms with van der Waals surface area (Å²) in [7, 11) is 1.88. The van der Waals surface area contributed by atoms with Gasteiger partial charge in [-0.3, -0.25) is 9.48 Å². The molecule has 31 heavy (non-hydrogen) atoms. The van der Waals surface area contributed by atoms with Gasteiger partial charge in [-0.2, -0.15) is 5.10 Å². The van der Waals surface area contributed by atoms with Gasteiger partial charge in [0.25, 0.3) is 5.91 Å². The number of fused-ring (bicyclic) bond motifs is 1. The summed E-state index contributed by atoms with van der Waals surface area (Å²) < 4.78 is 1.74. The van der Waals surface area contributed by atoms with E-state index < -0.39 is 0 Å². The van der Waals surface area contributed by atoms with Crippen LogP contribution in [0.15, 0.2) is 67.1 Å². The quantitative estimate of drug-likeness (QED) is 0.516. The summed E-state index contributed by atoms with van der Waals surface area (Å²) >= 11 is 0. The third kappa shape index (κ3) is 3.86. The first kappa shape index (κ1) is 19.2. The van der Waals surface area contributed by atoms with E-state index in [2.05, 4.69) is 15.0 Å². The van der Waals surface area contributed by atoms with Crippen LogP contribution in [0.25, 0.3) is 22.2 Å². The molecule has 7 heteroatoms. The summed E-state index contributed by atoms with van der Waals surface area (Å²) in [6, 6.07) is 15.7. The first-order valence-electron chi connectivity index (χ1n) is 10.5. The summed E-state index contributed by atoms with van der Waals surface area (Å²) in [5.41, 5.74) is 3.17. The van der Waals surface area contributed by atoms with E-state index in [1.165, 1.54) is 0 Å². The van der Waals surface area contributed by atoms with Crippen LogP contribution in [0, 0.1) is 0 Å². The molecule has 0 atom stereocenters. The van der Waals surface area contributed by atoms with Gasteiger partial charge in [-0.25, -0.2) is 9.97 Å². The molecule has 1 aromatic carbocycles. The van der Waals surface area contributed by atoms with E-state index in [9.17, 15) is 4.79 Å². The number of hydrogen-bond donors (Lipinski definition) is 0. The fraction of sp³-hybridized carbons (Fsp3) is 0.250. The van der Waals surface area contributed by atoms with Gasteiger partial charge < -0.3 is 9.80 Å². The van der Waals surface area contributed by atoms with E-state index in [1.54, 1.807) is 10.9 Å². The number of carbonyl (C=O) groups excluding carboxylic acids is 1. The topological polar surface area (TPSA) is 67.2 Å². The van der Waals surface area contributed by atoms with Gasteiger partial charge in [0.2, 0.25) is 0 Å². The molecule has 4 aromatic rings. The molecular formula is C24H24N6O. The van der Waals surface area contributed by atoms with Crippen molar-refractivity contribution >= 4 is 22.6 Å². The van der Waals surface area contributed by atoms with Crippen molar-refractivity contribution in [1.29, 1.82) is 0 Å². The van der Waals surface area contributed by atoms with E-state index in [0.29, 0.717) is 12.1 Å². The van der Waals surface area contributed by atoms with Crippen LogP contribution >= 0.6 is 0 Å². The summed E-state index contributed by atoms with van der Waals surface area (Å²) in [6.07, 6.45) is 6.41. The molecule has 0 unspecified atom stereocenters. The lowest BCUT2D eigenvalue weighted by Crippen LogP contribution is -2.35. The summed E-state index contributed by atoms with van der Waals surface area (Å²) in [5, 5.41) is 5.14. The molecule has 0 N–H and O–H groups in total. The molecule has 1 fully saturated rings. The van der Waals surface area contributed by atoms with E-state index in [1.807, 2.05) is 72.9 Å². The predicted octanol–water partition coefficient (Wildman–Crippen LogP) is 3.38. The van der Waals surface area contributed by atoms with Crippen molar-refractivity contribution in [2.75, 3.05) is 31.1 Å². The van der Waals surface area contributed by atoms with Crippen molar-refractivity contribution in [2.24, 2.45) is 7.05 Å². The molecule has 5 rings (SSSR count). The Morgan fingerprint density at radius 2 is 1.87 bits per heavy atom. The zero-order valence-electron chi connectivity index (χ0n) is 17.5. The highest BCUT2D eigenvalue weighted by molar-refractivity contribution is 6.07. The second-order valence-electron chi connectivity index (χ2n) is 7.80. The summed E-state index contributed by atoms with van der Waals surface area (Å²) in [4.78, 5) is 27.1. The number of aromatic nitrogens is 4. The molecule has 0 aliphatic carbocycles. The van der Waals surface area contributed by atoms with Crippen LogP contribution in [0.1, 0.15) is 16.8 Å². The van der Waals surface area contributed by atoms with Crippen LogP contribution in [0.3, 0.4) is 0 Å². The third-order valence-corrected chi connectivity index (χ3v) is 5.70. The average Bonchev–Trinajstić information content (AvgIpc) is 3.10. The molecule has 4 heterocycles. The zero-order chi connectivity index (χ0) is 21.2. The highest BCUT2D eigenvalue weighted by Crippen LogP contribution is 2.26. The fourth-order valence-corrected chi connectivity index (χ4v) is 4.11. The minimum absolute atomic E-state index is 0.0478. The van der Waals surface area contributed by atoms with Gasteiger partial charge in [0.15, 0.2) is 0 Å². The minimum Gasteiger partial charge on any atom is -0.355 e. The molecule has 7 nitrogen and oxygen atoms in total. The molecule has 1 amide bonds. The lowest BCUT2D eigenvalue weighted by atomic mass is 10.0. The van der Waals surface area contributed by atoms with Crippen molar-refractivity contribution in [3.63, 3.8) is 0 Å². The summed E-state index contributed by atoms with van der Waals surface area (Å²) in [5.74, 6) is 1.01. The van der Waals surface area contributed by atoms with Gasteiger partial charge in [-0.1, -0.05) is 24.3 Å². The van der Waals surface area contributed by atoms with Crippen molar-refractivity contribution < 1.29 is 4.79 Å². The number of amides is 1. The van der Waals surface area contributed by atoms with Gasteiger partial charge in [-0.15, -0.1) is 0 Å². The van der Waals surface area contributed by atoms with E-state index in [-0.39, 0.29) is 5.91 Å². The molecular weight excluding hydrogens is 388 g/mol. The number of para-hydroxylation sites is 1. The van der Waals surface area contributed by atoms with E-state index >= 15 is 0 Å². The molecule has 0 bridgehead atoms. The molecule has 1 saturated heterocycles. The van der Waals surface area contributed by atoms with Crippen LogP contribution in [0.5, 0.6) is 0 Å². The molecule has 0 spiro atoms. The standard InChI is InChI=1S/C24H24N6O/c1-28-17-18(16-26-28)22-15-20(19-7-2-3-8-21(19)27-22)24(31)30-12-6-11-29(13-14-30)23-9-4-5-10-25-23/h2-5,7-10,15-17H,6,11-14H2,1H3. The number of pyridine rings is 2. The Morgan fingerprint density at radius 1 is 1.00 bits per heavy atom. The molecule has 0 saturated carbocycles. The lowest BCUT2D eigenvalue weighted by molar-refractivity contribution is 0.0769. The largest absolute Gasteiger partial charge is 0.355 e. The van der Waals surface area contributed by atoms with Gasteiger partial charge in [0, 0.05) is 56.6 Å². The maximum atomic E-state index is 13.6. The average molecular weight is 412 g/mol. The summed E-state index contributed by atoms with van der Waals surface area (Å²) in [6.45, 7) is 3.04. The number of carbonyl (C=O) groups is 1. The smallest absolute Gasteiger partial charge is 0.254 e. The Balaban J connectivity index is 1.46. The Morgan fingerprint density at radius 3 is 2.68 bits per heavy atom. The van der Waals surface area contributed by atoms with Crippen LogP contribution in [0.2, 0.25) is 0 Å². The molecule has 156 valence electrons. The SMILES string of the molecule is Cn1cc(-c2cc(C(=O)N3CCCN(c4ccccn4)CC3)c3ccccc3n2)cn1. The van der Waals surface area contributed by atoms with Gasteiger partial charge in [-0.05, 0) is 30.7 Å². The van der Waals surface area contributed by atoms with E-state index in [0.717, 1.165) is 54.0 Å². The molecule has 3 aromatic heterocycles. The monoisotopic (exact) mass is 412 g/mol. The van der Waals surface area contributed by atoms with Crippen molar-refractivity contribution in [3.05, 3.63) is 72.7 Å². The highest BCUT2D eigenvalue weighted by Gasteiger charge is 2.23. The first-order chi connectivity index (χ1) is 15.2. The number of aryl methyl sites for hydroxylation is 1. The van der Waals surface area contributed by atoms with Crippen molar-refractivity contribution in [1.82, 2.24) is 24.6 Å². The van der Waals surface area contributed by atoms with E-state index in [4.69, 9.17) is 4.98 Å². The maximum absolute atomic E-state index is 13.6. The second kappa shape index (κ2) is 8.18. The Labute approximate surface area is 181 Å². The van der Waals surface area contributed by atoms with Gasteiger partial charge in [0.05, 0.1) is 23.0 Å². The number of rotatable bonds is 3.